The highest BCUT2D eigenvalue weighted by Crippen LogP contribution is 2.15. The van der Waals surface area contributed by atoms with Gasteiger partial charge in [-0.05, 0) is 52.7 Å². The van der Waals surface area contributed by atoms with E-state index in [1.165, 1.54) is 11.8 Å². The van der Waals surface area contributed by atoms with Crippen molar-refractivity contribution in [3.8, 4) is 0 Å². The third-order valence-electron chi connectivity index (χ3n) is 3.16. The highest BCUT2D eigenvalue weighted by molar-refractivity contribution is 9.10. The third kappa shape index (κ3) is 5.41. The molecule has 5 heteroatoms. The molecule has 1 aromatic carbocycles. The molecule has 4 nitrogen and oxygen atoms in total. The number of para-hydroxylation sites is 1. The minimum absolute atomic E-state index is 0.116. The van der Waals surface area contributed by atoms with Crippen LogP contribution in [0.1, 0.15) is 12.2 Å². The minimum atomic E-state index is -0.116. The number of halogens is 1. The van der Waals surface area contributed by atoms with Gasteiger partial charge in [-0.1, -0.05) is 18.2 Å². The Morgan fingerprint density at radius 1 is 1.27 bits per heavy atom. The van der Waals surface area contributed by atoms with Crippen LogP contribution < -0.4 is 10.2 Å². The van der Waals surface area contributed by atoms with Gasteiger partial charge in [0, 0.05) is 31.9 Å². The van der Waals surface area contributed by atoms with Gasteiger partial charge in [-0.3, -0.25) is 4.79 Å². The van der Waals surface area contributed by atoms with Crippen molar-refractivity contribution in [2.75, 3.05) is 25.0 Å². The predicted molar refractivity (Wildman–Crippen MR) is 92.8 cm³/mol. The summed E-state index contributed by atoms with van der Waals surface area (Å²) >= 11 is 3.22. The van der Waals surface area contributed by atoms with Crippen LogP contribution in [0.15, 0.2) is 57.6 Å². The van der Waals surface area contributed by atoms with Crippen LogP contribution in [0, 0.1) is 0 Å². The Morgan fingerprint density at radius 2 is 2.05 bits per heavy atom. The Labute approximate surface area is 138 Å². The van der Waals surface area contributed by atoms with Gasteiger partial charge in [0.2, 0.25) is 5.91 Å². The molecule has 0 saturated carbocycles. The Balaban J connectivity index is 1.66. The van der Waals surface area contributed by atoms with Gasteiger partial charge in [0.25, 0.3) is 0 Å². The molecule has 0 aliphatic heterocycles. The highest BCUT2D eigenvalue weighted by Gasteiger charge is 2.01. The van der Waals surface area contributed by atoms with Crippen LogP contribution in [0.4, 0.5) is 5.69 Å². The standard InChI is InChI=1S/C17H19BrN2O2/c1-20(14-6-3-2-4-7-14)13-5-12-19-17(21)11-9-15-8-10-16(18)22-15/h2-4,6-11H,5,12-13H2,1H3,(H,19,21)/b11-9+. The van der Waals surface area contributed by atoms with Crippen LogP contribution in [0.2, 0.25) is 0 Å². The largest absolute Gasteiger partial charge is 0.450 e. The molecule has 116 valence electrons. The molecule has 0 fully saturated rings. The lowest BCUT2D eigenvalue weighted by molar-refractivity contribution is -0.116. The fourth-order valence-electron chi connectivity index (χ4n) is 1.97. The highest BCUT2D eigenvalue weighted by atomic mass is 79.9. The predicted octanol–water partition coefficient (Wildman–Crippen LogP) is 3.70. The molecule has 2 rings (SSSR count). The molecular weight excluding hydrogens is 344 g/mol. The van der Waals surface area contributed by atoms with Crippen molar-refractivity contribution in [2.45, 2.75) is 6.42 Å². The van der Waals surface area contributed by atoms with E-state index in [0.29, 0.717) is 17.0 Å². The summed E-state index contributed by atoms with van der Waals surface area (Å²) in [7, 11) is 2.05. The first-order chi connectivity index (χ1) is 10.6. The monoisotopic (exact) mass is 362 g/mol. The van der Waals surface area contributed by atoms with Crippen molar-refractivity contribution in [3.63, 3.8) is 0 Å². The lowest BCUT2D eigenvalue weighted by Gasteiger charge is -2.18. The molecular formula is C17H19BrN2O2. The summed E-state index contributed by atoms with van der Waals surface area (Å²) in [5, 5.41) is 2.86. The number of amides is 1. The summed E-state index contributed by atoms with van der Waals surface area (Å²) in [6, 6.07) is 13.8. The maximum atomic E-state index is 11.7. The van der Waals surface area contributed by atoms with E-state index < -0.39 is 0 Å². The molecule has 0 aliphatic rings. The molecule has 0 unspecified atom stereocenters. The number of hydrogen-bond donors (Lipinski definition) is 1. The van der Waals surface area contributed by atoms with Gasteiger partial charge in [-0.25, -0.2) is 0 Å². The number of benzene rings is 1. The average Bonchev–Trinajstić information content (AvgIpc) is 2.96. The van der Waals surface area contributed by atoms with Crippen molar-refractivity contribution < 1.29 is 9.21 Å². The Bertz CT molecular complexity index is 623. The number of anilines is 1. The van der Waals surface area contributed by atoms with E-state index in [1.54, 1.807) is 18.2 Å². The van der Waals surface area contributed by atoms with E-state index in [2.05, 4.69) is 38.3 Å². The van der Waals surface area contributed by atoms with Gasteiger partial charge in [0.05, 0.1) is 0 Å². The zero-order valence-electron chi connectivity index (χ0n) is 12.5. The zero-order chi connectivity index (χ0) is 15.8. The normalized spacial score (nSPS) is 10.8. The van der Waals surface area contributed by atoms with E-state index in [1.807, 2.05) is 25.2 Å². The van der Waals surface area contributed by atoms with Crippen LogP contribution >= 0.6 is 15.9 Å². The number of carbonyl (C=O) groups is 1. The third-order valence-corrected chi connectivity index (χ3v) is 3.59. The summed E-state index contributed by atoms with van der Waals surface area (Å²) < 4.78 is 5.93. The van der Waals surface area contributed by atoms with Crippen LogP contribution in [-0.4, -0.2) is 26.0 Å². The first-order valence-corrected chi connectivity index (χ1v) is 7.92. The lowest BCUT2D eigenvalue weighted by atomic mass is 10.3. The topological polar surface area (TPSA) is 45.5 Å². The lowest BCUT2D eigenvalue weighted by Crippen LogP contribution is -2.26. The number of carbonyl (C=O) groups excluding carboxylic acids is 1. The minimum Gasteiger partial charge on any atom is -0.450 e. The summed E-state index contributed by atoms with van der Waals surface area (Å²) in [5.41, 5.74) is 1.18. The smallest absolute Gasteiger partial charge is 0.244 e. The van der Waals surface area contributed by atoms with E-state index in [0.717, 1.165) is 13.0 Å². The van der Waals surface area contributed by atoms with Gasteiger partial charge in [-0.15, -0.1) is 0 Å². The van der Waals surface area contributed by atoms with Gasteiger partial charge in [0.15, 0.2) is 4.67 Å². The number of hydrogen-bond acceptors (Lipinski definition) is 3. The number of nitrogens with zero attached hydrogens (tertiary/aromatic N) is 1. The Kier molecular flexibility index (Phi) is 6.27. The van der Waals surface area contributed by atoms with Crippen LogP contribution in [0.3, 0.4) is 0 Å². The van der Waals surface area contributed by atoms with Crippen molar-refractivity contribution in [3.05, 3.63) is 59.0 Å². The molecule has 1 N–H and O–H groups in total. The quantitative estimate of drug-likeness (QED) is 0.603. The first kappa shape index (κ1) is 16.4. The van der Waals surface area contributed by atoms with Crippen molar-refractivity contribution in [2.24, 2.45) is 0 Å². The molecule has 1 heterocycles. The molecule has 0 bridgehead atoms. The second kappa shape index (κ2) is 8.44. The summed E-state index contributed by atoms with van der Waals surface area (Å²) in [4.78, 5) is 13.8. The number of rotatable bonds is 7. The van der Waals surface area contributed by atoms with Gasteiger partial charge >= 0.3 is 0 Å². The summed E-state index contributed by atoms with van der Waals surface area (Å²) in [6.45, 7) is 1.53. The van der Waals surface area contributed by atoms with E-state index in [9.17, 15) is 4.79 Å². The zero-order valence-corrected chi connectivity index (χ0v) is 14.0. The van der Waals surface area contributed by atoms with Crippen molar-refractivity contribution in [1.82, 2.24) is 5.32 Å². The van der Waals surface area contributed by atoms with Crippen molar-refractivity contribution >= 4 is 33.6 Å². The number of nitrogens with one attached hydrogen (secondary N) is 1. The van der Waals surface area contributed by atoms with E-state index >= 15 is 0 Å². The molecule has 0 radical (unpaired) electrons. The molecule has 0 saturated heterocycles. The SMILES string of the molecule is CN(CCCNC(=O)/C=C/c1ccc(Br)o1)c1ccccc1. The van der Waals surface area contributed by atoms with Crippen LogP contribution in [-0.2, 0) is 4.79 Å². The summed E-state index contributed by atoms with van der Waals surface area (Å²) in [6.07, 6.45) is 4.01. The van der Waals surface area contributed by atoms with Crippen LogP contribution in [0.5, 0.6) is 0 Å². The average molecular weight is 363 g/mol. The Hall–Kier alpha value is -2.01. The maximum absolute atomic E-state index is 11.7. The van der Waals surface area contributed by atoms with Gasteiger partial charge < -0.3 is 14.6 Å². The molecule has 0 spiro atoms. The first-order valence-electron chi connectivity index (χ1n) is 7.12. The number of furan rings is 1. The second-order valence-corrected chi connectivity index (χ2v) is 5.66. The molecule has 1 amide bonds. The maximum Gasteiger partial charge on any atom is 0.244 e. The molecule has 0 aliphatic carbocycles. The van der Waals surface area contributed by atoms with E-state index in [4.69, 9.17) is 4.42 Å². The van der Waals surface area contributed by atoms with Crippen molar-refractivity contribution in [1.29, 1.82) is 0 Å². The molecule has 2 aromatic rings. The molecule has 22 heavy (non-hydrogen) atoms. The fraction of sp³-hybridized carbons (Fsp3) is 0.235. The second-order valence-electron chi connectivity index (χ2n) is 4.88. The Morgan fingerprint density at radius 3 is 2.73 bits per heavy atom. The molecule has 0 atom stereocenters. The molecule has 1 aromatic heterocycles. The summed E-state index contributed by atoms with van der Waals surface area (Å²) in [5.74, 6) is 0.528. The van der Waals surface area contributed by atoms with Gasteiger partial charge in [0.1, 0.15) is 5.76 Å². The van der Waals surface area contributed by atoms with Gasteiger partial charge in [-0.2, -0.15) is 0 Å². The van der Waals surface area contributed by atoms with E-state index in [-0.39, 0.29) is 5.91 Å². The van der Waals surface area contributed by atoms with Crippen LogP contribution in [0.25, 0.3) is 6.08 Å². The fourth-order valence-corrected chi connectivity index (χ4v) is 2.29.